The fourth-order valence-electron chi connectivity index (χ4n) is 4.13. The summed E-state index contributed by atoms with van der Waals surface area (Å²) in [7, 11) is 0. The van der Waals surface area contributed by atoms with Gasteiger partial charge in [0.15, 0.2) is 5.13 Å². The molecule has 0 N–H and O–H groups in total. The molecule has 1 fully saturated rings. The van der Waals surface area contributed by atoms with Crippen LogP contribution in [0, 0.1) is 13.8 Å². The summed E-state index contributed by atoms with van der Waals surface area (Å²) in [5, 5.41) is 5.13. The van der Waals surface area contributed by atoms with Crippen molar-refractivity contribution in [2.24, 2.45) is 0 Å². The molecule has 0 spiro atoms. The molecule has 3 heterocycles. The lowest BCUT2D eigenvalue weighted by Gasteiger charge is -2.21. The number of hydrogen-bond donors (Lipinski definition) is 0. The van der Waals surface area contributed by atoms with Crippen LogP contribution in [0.3, 0.4) is 0 Å². The van der Waals surface area contributed by atoms with Crippen LogP contribution in [0.15, 0.2) is 54.6 Å². The van der Waals surface area contributed by atoms with Crippen molar-refractivity contribution >= 4 is 50.1 Å². The van der Waals surface area contributed by atoms with Gasteiger partial charge < -0.3 is 0 Å². The Morgan fingerprint density at radius 1 is 1.03 bits per heavy atom. The first-order valence-corrected chi connectivity index (χ1v) is 11.9. The van der Waals surface area contributed by atoms with Crippen LogP contribution in [-0.4, -0.2) is 39.0 Å². The van der Waals surface area contributed by atoms with Crippen LogP contribution in [0.1, 0.15) is 34.6 Å². The highest BCUT2D eigenvalue weighted by molar-refractivity contribution is 7.22. The Morgan fingerprint density at radius 3 is 2.38 bits per heavy atom. The van der Waals surface area contributed by atoms with Gasteiger partial charge in [0.2, 0.25) is 11.8 Å². The van der Waals surface area contributed by atoms with Gasteiger partial charge in [-0.1, -0.05) is 23.5 Å². The maximum Gasteiger partial charge on any atom is 0.260 e. The highest BCUT2D eigenvalue weighted by Crippen LogP contribution is 2.30. The molecule has 9 heteroatoms. The molecule has 1 saturated heterocycles. The van der Waals surface area contributed by atoms with E-state index in [-0.39, 0.29) is 30.6 Å². The van der Waals surface area contributed by atoms with Crippen molar-refractivity contribution in [2.45, 2.75) is 33.2 Å². The van der Waals surface area contributed by atoms with Crippen molar-refractivity contribution in [1.29, 1.82) is 0 Å². The van der Waals surface area contributed by atoms with Crippen LogP contribution >= 0.6 is 11.3 Å². The smallest absolute Gasteiger partial charge is 0.260 e. The van der Waals surface area contributed by atoms with E-state index in [9.17, 15) is 14.4 Å². The molecule has 2 aromatic carbocycles. The lowest BCUT2D eigenvalue weighted by atomic mass is 10.1. The third-order valence-electron chi connectivity index (χ3n) is 5.82. The van der Waals surface area contributed by atoms with Gasteiger partial charge in [-0.2, -0.15) is 5.10 Å². The number of rotatable bonds is 6. The normalized spacial score (nSPS) is 13.8. The lowest BCUT2D eigenvalue weighted by molar-refractivity contribution is -0.121. The molecule has 5 rings (SSSR count). The van der Waals surface area contributed by atoms with Crippen molar-refractivity contribution in [3.63, 3.8) is 0 Å². The molecule has 0 atom stereocenters. The van der Waals surface area contributed by atoms with Crippen LogP contribution in [-0.2, 0) is 16.1 Å². The number of anilines is 2. The molecule has 2 aromatic heterocycles. The van der Waals surface area contributed by atoms with E-state index in [4.69, 9.17) is 4.98 Å². The van der Waals surface area contributed by atoms with E-state index in [0.717, 1.165) is 21.6 Å². The second-order valence-electron chi connectivity index (χ2n) is 8.24. The molecule has 0 radical (unpaired) electrons. The minimum absolute atomic E-state index is 0.203. The summed E-state index contributed by atoms with van der Waals surface area (Å²) < 4.78 is 2.89. The van der Waals surface area contributed by atoms with Gasteiger partial charge in [0, 0.05) is 30.6 Å². The second kappa shape index (κ2) is 8.83. The number of para-hydroxylation sites is 1. The van der Waals surface area contributed by atoms with Crippen LogP contribution in [0.25, 0.3) is 10.2 Å². The fourth-order valence-corrected chi connectivity index (χ4v) is 5.12. The lowest BCUT2D eigenvalue weighted by Crippen LogP contribution is -2.34. The zero-order valence-electron chi connectivity index (χ0n) is 18.9. The Kier molecular flexibility index (Phi) is 5.70. The third-order valence-corrected chi connectivity index (χ3v) is 6.88. The standard InChI is InChI=1S/C25H23N5O3S/c1-16-15-17(2)29(27-16)14-13-28(25-26-20-5-3-4-6-21(20)34-25)24(33)18-7-9-19(10-8-18)30-22(31)11-12-23(30)32/h3-10,15H,11-14H2,1-2H3. The number of carbonyl (C=O) groups is 3. The van der Waals surface area contributed by atoms with Gasteiger partial charge in [0.05, 0.1) is 28.1 Å². The summed E-state index contributed by atoms with van der Waals surface area (Å²) in [5.74, 6) is -0.638. The van der Waals surface area contributed by atoms with Crippen LogP contribution < -0.4 is 9.80 Å². The summed E-state index contributed by atoms with van der Waals surface area (Å²) in [5.41, 5.74) is 3.73. The molecule has 0 aliphatic carbocycles. The molecule has 0 bridgehead atoms. The van der Waals surface area contributed by atoms with Crippen molar-refractivity contribution in [3.05, 3.63) is 71.5 Å². The predicted octanol–water partition coefficient (Wildman–Crippen LogP) is 4.11. The average Bonchev–Trinajstić information content (AvgIpc) is 3.50. The first-order valence-electron chi connectivity index (χ1n) is 11.0. The van der Waals surface area contributed by atoms with E-state index in [1.54, 1.807) is 29.2 Å². The molecule has 0 unspecified atom stereocenters. The minimum atomic E-state index is -0.218. The Bertz CT molecular complexity index is 1360. The van der Waals surface area contributed by atoms with Crippen molar-refractivity contribution in [2.75, 3.05) is 16.3 Å². The van der Waals surface area contributed by atoms with E-state index in [1.807, 2.05) is 48.9 Å². The van der Waals surface area contributed by atoms with Gasteiger partial charge in [-0.05, 0) is 56.3 Å². The maximum absolute atomic E-state index is 13.6. The van der Waals surface area contributed by atoms with Crippen LogP contribution in [0.4, 0.5) is 10.8 Å². The summed E-state index contributed by atoms with van der Waals surface area (Å²) in [4.78, 5) is 45.3. The van der Waals surface area contributed by atoms with E-state index < -0.39 is 0 Å². The summed E-state index contributed by atoms with van der Waals surface area (Å²) >= 11 is 1.46. The molecular formula is C25H23N5O3S. The molecule has 1 aliphatic heterocycles. The van der Waals surface area contributed by atoms with Crippen molar-refractivity contribution < 1.29 is 14.4 Å². The van der Waals surface area contributed by atoms with Crippen LogP contribution in [0.2, 0.25) is 0 Å². The number of amides is 3. The van der Waals surface area contributed by atoms with E-state index in [0.29, 0.717) is 29.5 Å². The van der Waals surface area contributed by atoms with Gasteiger partial charge in [0.1, 0.15) is 0 Å². The number of hydrogen-bond acceptors (Lipinski definition) is 6. The van der Waals surface area contributed by atoms with E-state index in [1.165, 1.54) is 16.2 Å². The Morgan fingerprint density at radius 2 is 1.74 bits per heavy atom. The quantitative estimate of drug-likeness (QED) is 0.393. The molecular weight excluding hydrogens is 450 g/mol. The van der Waals surface area contributed by atoms with E-state index in [2.05, 4.69) is 5.10 Å². The van der Waals surface area contributed by atoms with Crippen molar-refractivity contribution in [3.8, 4) is 0 Å². The average molecular weight is 474 g/mol. The first kappa shape index (κ1) is 22.0. The number of imide groups is 1. The molecule has 0 saturated carbocycles. The number of benzene rings is 2. The zero-order valence-corrected chi connectivity index (χ0v) is 19.7. The largest absolute Gasteiger partial charge is 0.282 e. The molecule has 34 heavy (non-hydrogen) atoms. The van der Waals surface area contributed by atoms with Gasteiger partial charge in [-0.15, -0.1) is 0 Å². The molecule has 3 amide bonds. The van der Waals surface area contributed by atoms with Gasteiger partial charge in [0.25, 0.3) is 5.91 Å². The monoisotopic (exact) mass is 473 g/mol. The number of aryl methyl sites for hydroxylation is 2. The fraction of sp³-hybridized carbons (Fsp3) is 0.240. The Labute approximate surface area is 200 Å². The highest BCUT2D eigenvalue weighted by atomic mass is 32.1. The minimum Gasteiger partial charge on any atom is -0.282 e. The predicted molar refractivity (Wildman–Crippen MR) is 131 cm³/mol. The number of aromatic nitrogens is 3. The summed E-state index contributed by atoms with van der Waals surface area (Å²) in [6, 6.07) is 16.4. The number of nitrogens with zero attached hydrogens (tertiary/aromatic N) is 5. The molecule has 8 nitrogen and oxygen atoms in total. The molecule has 172 valence electrons. The Balaban J connectivity index is 1.45. The maximum atomic E-state index is 13.6. The zero-order chi connectivity index (χ0) is 23.8. The van der Waals surface area contributed by atoms with Crippen molar-refractivity contribution in [1.82, 2.24) is 14.8 Å². The number of thiazole rings is 1. The topological polar surface area (TPSA) is 88.4 Å². The van der Waals surface area contributed by atoms with Gasteiger partial charge in [-0.3, -0.25) is 28.9 Å². The first-order chi connectivity index (χ1) is 16.4. The third kappa shape index (κ3) is 4.10. The summed E-state index contributed by atoms with van der Waals surface area (Å²) in [6.45, 7) is 4.85. The summed E-state index contributed by atoms with van der Waals surface area (Å²) in [6.07, 6.45) is 0.439. The second-order valence-corrected chi connectivity index (χ2v) is 9.25. The SMILES string of the molecule is Cc1cc(C)n(CCN(C(=O)c2ccc(N3C(=O)CCC3=O)cc2)c2nc3ccccc3s2)n1. The molecule has 4 aromatic rings. The highest BCUT2D eigenvalue weighted by Gasteiger charge is 2.30. The number of fused-ring (bicyclic) bond motifs is 1. The van der Waals surface area contributed by atoms with Gasteiger partial charge in [-0.25, -0.2) is 4.98 Å². The van der Waals surface area contributed by atoms with E-state index >= 15 is 0 Å². The van der Waals surface area contributed by atoms with Gasteiger partial charge >= 0.3 is 0 Å². The van der Waals surface area contributed by atoms with Crippen LogP contribution in [0.5, 0.6) is 0 Å². The molecule has 1 aliphatic rings. The Hall–Kier alpha value is -3.85. The number of carbonyl (C=O) groups excluding carboxylic acids is 3.